The molecular formula is C43H58FN7O7S2. The monoisotopic (exact) mass is 867 g/mol. The highest BCUT2D eigenvalue weighted by Gasteiger charge is 2.53. The molecule has 2 aliphatic heterocycles. The summed E-state index contributed by atoms with van der Waals surface area (Å²) in [6, 6.07) is 11.3. The fourth-order valence-corrected chi connectivity index (χ4v) is 9.29. The molecule has 4 amide bonds. The van der Waals surface area contributed by atoms with E-state index in [0.717, 1.165) is 41.3 Å². The topological polar surface area (TPSA) is 169 Å². The maximum atomic E-state index is 14.9. The van der Waals surface area contributed by atoms with Crippen LogP contribution in [0.2, 0.25) is 0 Å². The smallest absolute Gasteiger partial charge is 0.258 e. The molecule has 1 unspecified atom stereocenters. The highest BCUT2D eigenvalue weighted by atomic mass is 32.2. The van der Waals surface area contributed by atoms with Crippen LogP contribution in [0.5, 0.6) is 5.75 Å². The van der Waals surface area contributed by atoms with Gasteiger partial charge in [-0.1, -0.05) is 24.3 Å². The van der Waals surface area contributed by atoms with Crippen LogP contribution in [-0.4, -0.2) is 144 Å². The molecular weight excluding hydrogens is 810 g/mol. The molecule has 0 bridgehead atoms. The number of hydrogen-bond donors (Lipinski definition) is 3. The van der Waals surface area contributed by atoms with E-state index in [0.29, 0.717) is 88.2 Å². The number of hydrogen-bond acceptors (Lipinski definition) is 12. The zero-order chi connectivity index (χ0) is 42.9. The highest BCUT2D eigenvalue weighted by Crippen LogP contribution is 2.41. The van der Waals surface area contributed by atoms with Crippen molar-refractivity contribution >= 4 is 52.4 Å². The summed E-state index contributed by atoms with van der Waals surface area (Å²) in [5, 5.41) is 5.74. The molecule has 2 aromatic carbocycles. The van der Waals surface area contributed by atoms with E-state index >= 15 is 0 Å². The molecule has 1 aliphatic carbocycles. The van der Waals surface area contributed by atoms with Crippen LogP contribution in [0.1, 0.15) is 61.1 Å². The third-order valence-corrected chi connectivity index (χ3v) is 13.7. The number of halogens is 1. The number of nitrogen functional groups attached to an aromatic ring is 1. The average molecular weight is 868 g/mol. The first-order chi connectivity index (χ1) is 28.8. The number of ether oxygens (including phenoxy) is 3. The first-order valence-electron chi connectivity index (χ1n) is 20.6. The number of nitrogens with two attached hydrogens (primary N) is 1. The van der Waals surface area contributed by atoms with Gasteiger partial charge in [-0.25, -0.2) is 9.37 Å². The number of aryl methyl sites for hydroxylation is 1. The molecule has 2 saturated heterocycles. The number of thioether (sulfide) groups is 1. The Balaban J connectivity index is 0.908. The number of amides is 4. The van der Waals surface area contributed by atoms with E-state index in [1.54, 1.807) is 34.4 Å². The van der Waals surface area contributed by atoms with E-state index in [4.69, 9.17) is 19.9 Å². The van der Waals surface area contributed by atoms with Gasteiger partial charge in [-0.15, -0.1) is 11.3 Å². The number of piperazine rings is 1. The lowest BCUT2D eigenvalue weighted by Gasteiger charge is -2.37. The van der Waals surface area contributed by atoms with Gasteiger partial charge in [0.05, 0.1) is 55.3 Å². The molecule has 326 valence electrons. The Morgan fingerprint density at radius 1 is 1.02 bits per heavy atom. The number of benzene rings is 2. The van der Waals surface area contributed by atoms with Gasteiger partial charge >= 0.3 is 0 Å². The Labute approximate surface area is 360 Å². The number of rotatable bonds is 20. The lowest BCUT2D eigenvalue weighted by atomic mass is 10.00. The number of carbonyl (C=O) groups is 4. The van der Waals surface area contributed by atoms with Crippen molar-refractivity contribution in [2.45, 2.75) is 75.5 Å². The first kappa shape index (κ1) is 45.2. The number of anilines is 1. The minimum atomic E-state index is -1.96. The summed E-state index contributed by atoms with van der Waals surface area (Å²) in [6.07, 6.45) is 1.39. The summed E-state index contributed by atoms with van der Waals surface area (Å²) in [6.45, 7) is 11.5. The van der Waals surface area contributed by atoms with E-state index in [1.807, 2.05) is 55.4 Å². The van der Waals surface area contributed by atoms with Crippen LogP contribution in [0.25, 0.3) is 10.4 Å². The summed E-state index contributed by atoms with van der Waals surface area (Å²) in [5.41, 5.74) is 9.77. The summed E-state index contributed by atoms with van der Waals surface area (Å²) < 4.78 is 31.0. The third-order valence-electron chi connectivity index (χ3n) is 11.3. The Bertz CT molecular complexity index is 1950. The zero-order valence-electron chi connectivity index (χ0n) is 35.0. The van der Waals surface area contributed by atoms with Gasteiger partial charge < -0.3 is 40.4 Å². The molecule has 1 saturated carbocycles. The van der Waals surface area contributed by atoms with Crippen LogP contribution in [0.15, 0.2) is 48.0 Å². The molecule has 14 nitrogen and oxygen atoms in total. The fraction of sp³-hybridized carbons (Fsp3) is 0.558. The lowest BCUT2D eigenvalue weighted by molar-refractivity contribution is -0.143. The minimum absolute atomic E-state index is 0.0432. The van der Waals surface area contributed by atoms with Crippen molar-refractivity contribution in [1.82, 2.24) is 30.3 Å². The fourth-order valence-electron chi connectivity index (χ4n) is 7.42. The van der Waals surface area contributed by atoms with Gasteiger partial charge in [0.25, 0.3) is 11.8 Å². The van der Waals surface area contributed by atoms with Crippen LogP contribution < -0.4 is 21.1 Å². The van der Waals surface area contributed by atoms with Crippen molar-refractivity contribution in [2.75, 3.05) is 84.3 Å². The lowest BCUT2D eigenvalue weighted by Crippen LogP contribution is -2.61. The number of nitrogens with one attached hydrogen (secondary N) is 2. The molecule has 0 spiro atoms. The van der Waals surface area contributed by atoms with E-state index in [1.165, 1.54) is 18.9 Å². The third kappa shape index (κ3) is 11.5. The van der Waals surface area contributed by atoms with E-state index in [2.05, 4.69) is 20.5 Å². The molecule has 2 atom stereocenters. The summed E-state index contributed by atoms with van der Waals surface area (Å²) in [4.78, 5) is 64.8. The number of nitrogens with zero attached hydrogens (tertiary/aromatic N) is 4. The Hall–Kier alpha value is -4.29. The number of alkyl halides is 1. The van der Waals surface area contributed by atoms with Gasteiger partial charge in [0.2, 0.25) is 11.8 Å². The number of thiazole rings is 1. The maximum absolute atomic E-state index is 14.9. The maximum Gasteiger partial charge on any atom is 0.258 e. The van der Waals surface area contributed by atoms with Crippen molar-refractivity contribution in [3.8, 4) is 16.2 Å². The molecule has 60 heavy (non-hydrogen) atoms. The Kier molecular flexibility index (Phi) is 15.5. The first-order valence-corrected chi connectivity index (χ1v) is 22.5. The van der Waals surface area contributed by atoms with Crippen LogP contribution in [0.4, 0.5) is 10.1 Å². The average Bonchev–Trinajstić information content (AvgIpc) is 3.58. The standard InChI is InChI=1S/C43H58FN7O7S2/c1-29-36(59-28-47-29)31-9-7-30(8-10-31)27-46-38(52)34-6-5-15-51(34)40(54)37(48-41(55)43(44)13-14-43)42(2,3)60-25-24-58-23-22-57-21-20-49-16-18-50(19-17-49)39(53)32-11-12-33(45)35(26-32)56-4/h7-12,26,28,34,37H,5-6,13-25,27,45H2,1-4H3,(H,46,52)(H,48,55)/t34-,37?/m0/s1. The van der Waals surface area contributed by atoms with E-state index in [-0.39, 0.29) is 24.7 Å². The molecule has 3 aliphatic rings. The molecule has 3 heterocycles. The van der Waals surface area contributed by atoms with Gasteiger partial charge in [-0.3, -0.25) is 24.1 Å². The van der Waals surface area contributed by atoms with E-state index in [9.17, 15) is 23.6 Å². The number of methoxy groups -OCH3 is 1. The van der Waals surface area contributed by atoms with Crippen LogP contribution in [0, 0.1) is 6.92 Å². The van der Waals surface area contributed by atoms with Crippen LogP contribution in [-0.2, 0) is 30.4 Å². The normalized spacial score (nSPS) is 18.2. The second-order valence-corrected chi connectivity index (χ2v) is 18.6. The number of likely N-dealkylation sites (tertiary alicyclic amines) is 1. The zero-order valence-corrected chi connectivity index (χ0v) is 36.6. The predicted molar refractivity (Wildman–Crippen MR) is 232 cm³/mol. The predicted octanol–water partition coefficient (Wildman–Crippen LogP) is 4.31. The second-order valence-electron chi connectivity index (χ2n) is 16.0. The van der Waals surface area contributed by atoms with Gasteiger partial charge in [-0.05, 0) is 75.8 Å². The molecule has 6 rings (SSSR count). The van der Waals surface area contributed by atoms with Crippen LogP contribution in [0.3, 0.4) is 0 Å². The van der Waals surface area contributed by atoms with Gasteiger partial charge in [-0.2, -0.15) is 11.8 Å². The van der Waals surface area contributed by atoms with Crippen molar-refractivity contribution in [3.05, 3.63) is 64.8 Å². The van der Waals surface area contributed by atoms with Crippen molar-refractivity contribution in [2.24, 2.45) is 0 Å². The Morgan fingerprint density at radius 3 is 2.40 bits per heavy atom. The largest absolute Gasteiger partial charge is 0.495 e. The molecule has 4 N–H and O–H groups in total. The molecule has 3 fully saturated rings. The molecule has 17 heteroatoms. The van der Waals surface area contributed by atoms with Gasteiger partial charge in [0.15, 0.2) is 5.67 Å². The second kappa shape index (κ2) is 20.5. The SMILES string of the molecule is COc1cc(C(=O)N2CCN(CCOCCOCCSC(C)(C)C(NC(=O)C3(F)CC3)C(=O)N3CCC[C@H]3C(=O)NCc3ccc(-c4scnc4C)cc3)CC2)ccc1N. The van der Waals surface area contributed by atoms with Crippen molar-refractivity contribution in [3.63, 3.8) is 0 Å². The van der Waals surface area contributed by atoms with Crippen LogP contribution >= 0.6 is 23.1 Å². The van der Waals surface area contributed by atoms with Gasteiger partial charge in [0.1, 0.15) is 17.8 Å². The quantitative estimate of drug-likeness (QED) is 0.109. The summed E-state index contributed by atoms with van der Waals surface area (Å²) in [5.74, 6) is -0.470. The molecule has 1 aromatic heterocycles. The van der Waals surface area contributed by atoms with Crippen molar-refractivity contribution < 1.29 is 37.8 Å². The number of carbonyl (C=O) groups excluding carboxylic acids is 4. The Morgan fingerprint density at radius 2 is 1.73 bits per heavy atom. The summed E-state index contributed by atoms with van der Waals surface area (Å²) in [7, 11) is 1.53. The molecule has 0 radical (unpaired) electrons. The molecule has 3 aromatic rings. The number of aromatic nitrogens is 1. The minimum Gasteiger partial charge on any atom is -0.495 e. The van der Waals surface area contributed by atoms with E-state index < -0.39 is 34.3 Å². The van der Waals surface area contributed by atoms with Crippen molar-refractivity contribution in [1.29, 1.82) is 0 Å². The van der Waals surface area contributed by atoms with Gasteiger partial charge in [0, 0.05) is 61.9 Å². The summed E-state index contributed by atoms with van der Waals surface area (Å²) >= 11 is 3.04. The highest BCUT2D eigenvalue weighted by molar-refractivity contribution is 8.00.